The average molecular weight is 217 g/mol. The lowest BCUT2D eigenvalue weighted by atomic mass is 9.97. The van der Waals surface area contributed by atoms with Gasteiger partial charge in [0, 0.05) is 19.1 Å². The molecule has 1 amide bonds. The molecule has 0 atom stereocenters. The van der Waals surface area contributed by atoms with Crippen molar-refractivity contribution in [2.75, 3.05) is 26.4 Å². The number of amides is 1. The van der Waals surface area contributed by atoms with Gasteiger partial charge < -0.3 is 20.3 Å². The molecule has 0 spiro atoms. The molecule has 1 fully saturated rings. The van der Waals surface area contributed by atoms with E-state index < -0.39 is 5.54 Å². The number of aliphatic hydroxyl groups is 2. The molecule has 5 heteroatoms. The molecule has 3 N–H and O–H groups in total. The molecule has 0 aromatic heterocycles. The maximum absolute atomic E-state index is 11.7. The van der Waals surface area contributed by atoms with Gasteiger partial charge in [-0.2, -0.15) is 0 Å². The highest BCUT2D eigenvalue weighted by Crippen LogP contribution is 2.16. The second kappa shape index (κ2) is 5.44. The summed E-state index contributed by atoms with van der Waals surface area (Å²) >= 11 is 0. The van der Waals surface area contributed by atoms with Crippen LogP contribution in [0.4, 0.5) is 0 Å². The zero-order valence-corrected chi connectivity index (χ0v) is 9.03. The molecule has 5 nitrogen and oxygen atoms in total. The van der Waals surface area contributed by atoms with E-state index in [1.165, 1.54) is 0 Å². The molecule has 0 aromatic rings. The van der Waals surface area contributed by atoms with Crippen LogP contribution in [0, 0.1) is 5.92 Å². The Morgan fingerprint density at radius 2 is 1.93 bits per heavy atom. The van der Waals surface area contributed by atoms with Crippen molar-refractivity contribution in [3.63, 3.8) is 0 Å². The first-order chi connectivity index (χ1) is 7.11. The summed E-state index contributed by atoms with van der Waals surface area (Å²) in [6, 6.07) is 0. The molecule has 0 unspecified atom stereocenters. The van der Waals surface area contributed by atoms with Crippen LogP contribution in [0.15, 0.2) is 0 Å². The lowest BCUT2D eigenvalue weighted by Gasteiger charge is -2.30. The number of carbonyl (C=O) groups is 1. The van der Waals surface area contributed by atoms with Gasteiger partial charge in [-0.05, 0) is 19.8 Å². The van der Waals surface area contributed by atoms with Crippen molar-refractivity contribution in [3.05, 3.63) is 0 Å². The van der Waals surface area contributed by atoms with Crippen LogP contribution in [0.5, 0.6) is 0 Å². The highest BCUT2D eigenvalue weighted by atomic mass is 16.5. The summed E-state index contributed by atoms with van der Waals surface area (Å²) in [7, 11) is 0. The van der Waals surface area contributed by atoms with Crippen molar-refractivity contribution in [2.45, 2.75) is 25.3 Å². The predicted molar refractivity (Wildman–Crippen MR) is 54.3 cm³/mol. The van der Waals surface area contributed by atoms with Crippen molar-refractivity contribution in [1.82, 2.24) is 5.32 Å². The van der Waals surface area contributed by atoms with Crippen LogP contribution in [0.1, 0.15) is 19.8 Å². The van der Waals surface area contributed by atoms with Gasteiger partial charge in [-0.15, -0.1) is 0 Å². The molecule has 0 saturated carbocycles. The van der Waals surface area contributed by atoms with Crippen molar-refractivity contribution >= 4 is 5.91 Å². The van der Waals surface area contributed by atoms with E-state index in [1.54, 1.807) is 6.92 Å². The van der Waals surface area contributed by atoms with E-state index in [0.29, 0.717) is 26.1 Å². The molecule has 0 bridgehead atoms. The van der Waals surface area contributed by atoms with Crippen LogP contribution in [-0.4, -0.2) is 48.1 Å². The summed E-state index contributed by atoms with van der Waals surface area (Å²) in [4.78, 5) is 11.7. The topological polar surface area (TPSA) is 78.8 Å². The average Bonchev–Trinajstić information content (AvgIpc) is 2.30. The van der Waals surface area contributed by atoms with Gasteiger partial charge in [0.2, 0.25) is 5.91 Å². The second-order valence-electron chi connectivity index (χ2n) is 4.25. The number of carbonyl (C=O) groups excluding carboxylic acids is 1. The summed E-state index contributed by atoms with van der Waals surface area (Å²) in [6.45, 7) is 2.29. The molecule has 1 heterocycles. The molecule has 0 radical (unpaired) electrons. The minimum absolute atomic E-state index is 0.0591. The van der Waals surface area contributed by atoms with Gasteiger partial charge in [-0.3, -0.25) is 4.79 Å². The number of aliphatic hydroxyl groups excluding tert-OH is 2. The van der Waals surface area contributed by atoms with Crippen LogP contribution in [0.2, 0.25) is 0 Å². The molecule has 88 valence electrons. The van der Waals surface area contributed by atoms with Crippen LogP contribution in [-0.2, 0) is 9.53 Å². The van der Waals surface area contributed by atoms with E-state index >= 15 is 0 Å². The smallest absolute Gasteiger partial charge is 0.223 e. The highest BCUT2D eigenvalue weighted by molar-refractivity contribution is 5.79. The molecule has 15 heavy (non-hydrogen) atoms. The summed E-state index contributed by atoms with van der Waals surface area (Å²) in [5.74, 6) is -0.167. The quantitative estimate of drug-likeness (QED) is 0.580. The normalized spacial score (nSPS) is 18.9. The van der Waals surface area contributed by atoms with E-state index in [1.807, 2.05) is 0 Å². The Hall–Kier alpha value is -0.650. The van der Waals surface area contributed by atoms with Gasteiger partial charge in [-0.1, -0.05) is 0 Å². The molecule has 1 saturated heterocycles. The Kier molecular flexibility index (Phi) is 4.50. The first-order valence-electron chi connectivity index (χ1n) is 5.23. The van der Waals surface area contributed by atoms with Gasteiger partial charge in [-0.25, -0.2) is 0 Å². The third-order valence-electron chi connectivity index (χ3n) is 2.72. The Morgan fingerprint density at radius 1 is 1.40 bits per heavy atom. The van der Waals surface area contributed by atoms with Crippen molar-refractivity contribution < 1.29 is 19.7 Å². The number of nitrogens with one attached hydrogen (secondary N) is 1. The zero-order valence-electron chi connectivity index (χ0n) is 9.03. The Bertz CT molecular complexity index is 209. The van der Waals surface area contributed by atoms with Crippen molar-refractivity contribution in [2.24, 2.45) is 5.92 Å². The van der Waals surface area contributed by atoms with Crippen molar-refractivity contribution in [1.29, 1.82) is 0 Å². The minimum Gasteiger partial charge on any atom is -0.394 e. The van der Waals surface area contributed by atoms with E-state index in [9.17, 15) is 4.79 Å². The Labute approximate surface area is 89.4 Å². The summed E-state index contributed by atoms with van der Waals surface area (Å²) in [5.41, 5.74) is -0.921. The summed E-state index contributed by atoms with van der Waals surface area (Å²) in [5, 5.41) is 20.7. The third-order valence-corrected chi connectivity index (χ3v) is 2.72. The molecule has 1 rings (SSSR count). The van der Waals surface area contributed by atoms with Crippen LogP contribution in [0.3, 0.4) is 0 Å². The van der Waals surface area contributed by atoms with E-state index in [2.05, 4.69) is 5.32 Å². The van der Waals surface area contributed by atoms with Crippen LogP contribution >= 0.6 is 0 Å². The molecule has 0 aromatic carbocycles. The Balaban J connectivity index is 2.46. The van der Waals surface area contributed by atoms with Crippen LogP contribution < -0.4 is 5.32 Å². The zero-order chi connectivity index (χ0) is 11.3. The van der Waals surface area contributed by atoms with Gasteiger partial charge in [0.15, 0.2) is 0 Å². The maximum Gasteiger partial charge on any atom is 0.223 e. The van der Waals surface area contributed by atoms with E-state index in [0.717, 1.165) is 0 Å². The fourth-order valence-corrected chi connectivity index (χ4v) is 1.49. The van der Waals surface area contributed by atoms with E-state index in [4.69, 9.17) is 14.9 Å². The largest absolute Gasteiger partial charge is 0.394 e. The van der Waals surface area contributed by atoms with Gasteiger partial charge in [0.1, 0.15) is 0 Å². The molecular weight excluding hydrogens is 198 g/mol. The van der Waals surface area contributed by atoms with E-state index in [-0.39, 0.29) is 25.0 Å². The van der Waals surface area contributed by atoms with Crippen LogP contribution in [0.25, 0.3) is 0 Å². The lowest BCUT2D eigenvalue weighted by molar-refractivity contribution is -0.130. The number of hydrogen-bond acceptors (Lipinski definition) is 4. The first kappa shape index (κ1) is 12.4. The third kappa shape index (κ3) is 3.44. The fourth-order valence-electron chi connectivity index (χ4n) is 1.49. The second-order valence-corrected chi connectivity index (χ2v) is 4.25. The monoisotopic (exact) mass is 217 g/mol. The van der Waals surface area contributed by atoms with Crippen molar-refractivity contribution in [3.8, 4) is 0 Å². The summed E-state index contributed by atoms with van der Waals surface area (Å²) < 4.78 is 5.15. The molecule has 1 aliphatic heterocycles. The fraction of sp³-hybridized carbons (Fsp3) is 0.900. The first-order valence-corrected chi connectivity index (χ1v) is 5.23. The number of hydrogen-bond donors (Lipinski definition) is 3. The SMILES string of the molecule is CC(CO)(CO)NC(=O)C1CCOCC1. The lowest BCUT2D eigenvalue weighted by Crippen LogP contribution is -2.53. The Morgan fingerprint density at radius 3 is 2.40 bits per heavy atom. The predicted octanol–water partition coefficient (Wildman–Crippen LogP) is -0.728. The standard InChI is InChI=1S/C10H19NO4/c1-10(6-12,7-13)11-9(14)8-2-4-15-5-3-8/h8,12-13H,2-7H2,1H3,(H,11,14). The number of ether oxygens (including phenoxy) is 1. The molecular formula is C10H19NO4. The summed E-state index contributed by atoms with van der Waals surface area (Å²) in [6.07, 6.45) is 1.41. The molecule has 0 aliphatic carbocycles. The minimum atomic E-state index is -0.921. The van der Waals surface area contributed by atoms with Gasteiger partial charge >= 0.3 is 0 Å². The van der Waals surface area contributed by atoms with Gasteiger partial charge in [0.05, 0.1) is 18.8 Å². The van der Waals surface area contributed by atoms with Gasteiger partial charge in [0.25, 0.3) is 0 Å². The highest BCUT2D eigenvalue weighted by Gasteiger charge is 2.29. The molecule has 1 aliphatic rings. The maximum atomic E-state index is 11.7. The number of rotatable bonds is 4.